The van der Waals surface area contributed by atoms with Crippen molar-refractivity contribution in [2.45, 2.75) is 39.1 Å². The Bertz CT molecular complexity index is 638. The van der Waals surface area contributed by atoms with Gasteiger partial charge in [0.1, 0.15) is 11.5 Å². The van der Waals surface area contributed by atoms with Crippen LogP contribution in [-0.2, 0) is 4.79 Å². The third kappa shape index (κ3) is 3.53. The number of rotatable bonds is 3. The number of aliphatic hydroxyl groups is 1. The standard InChI is InChI=1S/C16H19F3N2O3/c1-14(2,3)15(23)9-12(16(17,18)19)20-21(15)13(22)10-24-11-7-5-4-6-8-11/h4-8,23H,9-10H2,1-3H3. The lowest BCUT2D eigenvalue weighted by Crippen LogP contribution is -2.56. The monoisotopic (exact) mass is 344 g/mol. The second-order valence-corrected chi connectivity index (χ2v) is 6.60. The number of para-hydroxylation sites is 1. The number of hydrogen-bond acceptors (Lipinski definition) is 4. The van der Waals surface area contributed by atoms with Crippen LogP contribution in [0, 0.1) is 5.41 Å². The highest BCUT2D eigenvalue weighted by Gasteiger charge is 2.57. The van der Waals surface area contributed by atoms with Crippen LogP contribution in [0.4, 0.5) is 13.2 Å². The lowest BCUT2D eigenvalue weighted by atomic mass is 9.80. The van der Waals surface area contributed by atoms with E-state index in [-0.39, 0.29) is 0 Å². The van der Waals surface area contributed by atoms with Gasteiger partial charge < -0.3 is 9.84 Å². The van der Waals surface area contributed by atoms with Crippen molar-refractivity contribution in [3.63, 3.8) is 0 Å². The van der Waals surface area contributed by atoms with Crippen molar-refractivity contribution in [3.05, 3.63) is 30.3 Å². The van der Waals surface area contributed by atoms with E-state index < -0.39 is 42.0 Å². The average molecular weight is 344 g/mol. The predicted octanol–water partition coefficient (Wildman–Crippen LogP) is 2.95. The van der Waals surface area contributed by atoms with E-state index in [9.17, 15) is 23.1 Å². The highest BCUT2D eigenvalue weighted by Crippen LogP contribution is 2.43. The molecule has 0 fully saturated rings. The van der Waals surface area contributed by atoms with E-state index in [2.05, 4.69) is 5.10 Å². The summed E-state index contributed by atoms with van der Waals surface area (Å²) in [5, 5.41) is 14.6. The zero-order valence-corrected chi connectivity index (χ0v) is 13.6. The Morgan fingerprint density at radius 2 is 1.88 bits per heavy atom. The summed E-state index contributed by atoms with van der Waals surface area (Å²) in [5.41, 5.74) is -4.30. The van der Waals surface area contributed by atoms with Crippen molar-refractivity contribution >= 4 is 11.6 Å². The van der Waals surface area contributed by atoms with Crippen LogP contribution in [0.1, 0.15) is 27.2 Å². The molecule has 0 spiro atoms. The predicted molar refractivity (Wildman–Crippen MR) is 81.3 cm³/mol. The van der Waals surface area contributed by atoms with Gasteiger partial charge in [0.15, 0.2) is 12.3 Å². The molecule has 1 atom stereocenters. The summed E-state index contributed by atoms with van der Waals surface area (Å²) in [6.45, 7) is 4.09. The van der Waals surface area contributed by atoms with E-state index in [1.807, 2.05) is 0 Å². The van der Waals surface area contributed by atoms with Crippen molar-refractivity contribution in [2.75, 3.05) is 6.61 Å². The molecule has 0 radical (unpaired) electrons. The molecule has 0 saturated carbocycles. The number of halogens is 3. The van der Waals surface area contributed by atoms with Gasteiger partial charge in [-0.1, -0.05) is 39.0 Å². The fraction of sp³-hybridized carbons (Fsp3) is 0.500. The first-order valence-corrected chi connectivity index (χ1v) is 7.33. The maximum absolute atomic E-state index is 13.0. The number of carbonyl (C=O) groups excluding carboxylic acids is 1. The fourth-order valence-corrected chi connectivity index (χ4v) is 2.27. The molecule has 1 aliphatic heterocycles. The fourth-order valence-electron chi connectivity index (χ4n) is 2.27. The Balaban J connectivity index is 2.22. The topological polar surface area (TPSA) is 62.1 Å². The first-order chi connectivity index (χ1) is 10.9. The molecule has 24 heavy (non-hydrogen) atoms. The summed E-state index contributed by atoms with van der Waals surface area (Å²) >= 11 is 0. The second kappa shape index (κ2) is 6.08. The number of ether oxygens (including phenoxy) is 1. The summed E-state index contributed by atoms with van der Waals surface area (Å²) in [5.74, 6) is -0.458. The van der Waals surface area contributed by atoms with Crippen molar-refractivity contribution in [1.29, 1.82) is 0 Å². The minimum atomic E-state index is -4.71. The van der Waals surface area contributed by atoms with Crippen LogP contribution in [0.25, 0.3) is 0 Å². The van der Waals surface area contributed by atoms with E-state index in [0.717, 1.165) is 0 Å². The summed E-state index contributed by atoms with van der Waals surface area (Å²) < 4.78 is 44.2. The lowest BCUT2D eigenvalue weighted by molar-refractivity contribution is -0.183. The van der Waals surface area contributed by atoms with Gasteiger partial charge in [-0.05, 0) is 12.1 Å². The van der Waals surface area contributed by atoms with Gasteiger partial charge in [0, 0.05) is 11.8 Å². The Morgan fingerprint density at radius 1 is 1.29 bits per heavy atom. The van der Waals surface area contributed by atoms with Gasteiger partial charge >= 0.3 is 6.18 Å². The van der Waals surface area contributed by atoms with Gasteiger partial charge in [0.2, 0.25) is 0 Å². The quantitative estimate of drug-likeness (QED) is 0.917. The average Bonchev–Trinajstić information content (AvgIpc) is 2.85. The molecule has 0 aromatic heterocycles. The van der Waals surface area contributed by atoms with Gasteiger partial charge in [-0.2, -0.15) is 23.3 Å². The SMILES string of the molecule is CC(C)(C)C1(O)CC(C(F)(F)F)=NN1C(=O)COc1ccccc1. The largest absolute Gasteiger partial charge is 0.484 e. The summed E-state index contributed by atoms with van der Waals surface area (Å²) in [7, 11) is 0. The molecule has 1 aromatic carbocycles. The van der Waals surface area contributed by atoms with Gasteiger partial charge in [0.05, 0.1) is 0 Å². The van der Waals surface area contributed by atoms with E-state index in [4.69, 9.17) is 4.74 Å². The van der Waals surface area contributed by atoms with Crippen molar-refractivity contribution in [3.8, 4) is 5.75 Å². The molecule has 1 aliphatic rings. The third-order valence-electron chi connectivity index (χ3n) is 3.86. The highest BCUT2D eigenvalue weighted by molar-refractivity contribution is 5.94. The molecule has 2 rings (SSSR count). The molecule has 1 amide bonds. The van der Waals surface area contributed by atoms with Crippen LogP contribution in [0.5, 0.6) is 5.75 Å². The molecule has 1 unspecified atom stereocenters. The Morgan fingerprint density at radius 3 is 2.38 bits per heavy atom. The molecular weight excluding hydrogens is 325 g/mol. The van der Waals surface area contributed by atoms with Gasteiger partial charge in [-0.25, -0.2) is 0 Å². The van der Waals surface area contributed by atoms with Gasteiger partial charge in [0.25, 0.3) is 5.91 Å². The number of hydrazone groups is 1. The molecule has 1 heterocycles. The van der Waals surface area contributed by atoms with E-state index in [1.54, 1.807) is 51.1 Å². The third-order valence-corrected chi connectivity index (χ3v) is 3.86. The highest BCUT2D eigenvalue weighted by atomic mass is 19.4. The first kappa shape index (κ1) is 18.3. The zero-order valence-electron chi connectivity index (χ0n) is 13.6. The van der Waals surface area contributed by atoms with Gasteiger partial charge in [-0.3, -0.25) is 4.79 Å². The number of alkyl halides is 3. The van der Waals surface area contributed by atoms with Crippen LogP contribution in [0.2, 0.25) is 0 Å². The van der Waals surface area contributed by atoms with Crippen molar-refractivity contribution in [1.82, 2.24) is 5.01 Å². The molecule has 1 aromatic rings. The summed E-state index contributed by atoms with van der Waals surface area (Å²) in [6, 6.07) is 8.37. The molecular formula is C16H19F3N2O3. The van der Waals surface area contributed by atoms with Crippen LogP contribution in [-0.4, -0.2) is 40.2 Å². The summed E-state index contributed by atoms with van der Waals surface area (Å²) in [4.78, 5) is 12.3. The molecule has 0 saturated heterocycles. The molecule has 1 N–H and O–H groups in total. The first-order valence-electron chi connectivity index (χ1n) is 7.33. The number of nitrogens with zero attached hydrogens (tertiary/aromatic N) is 2. The van der Waals surface area contributed by atoms with E-state index in [1.165, 1.54) is 0 Å². The number of carbonyl (C=O) groups is 1. The van der Waals surface area contributed by atoms with Crippen LogP contribution >= 0.6 is 0 Å². The maximum Gasteiger partial charge on any atom is 0.431 e. The number of amides is 1. The Labute approximate surface area is 137 Å². The smallest absolute Gasteiger partial charge is 0.431 e. The molecule has 0 bridgehead atoms. The Kier molecular flexibility index (Phi) is 4.63. The molecule has 8 heteroatoms. The van der Waals surface area contributed by atoms with Crippen LogP contribution in [0.3, 0.4) is 0 Å². The summed E-state index contributed by atoms with van der Waals surface area (Å²) in [6.07, 6.45) is -5.49. The van der Waals surface area contributed by atoms with Crippen LogP contribution in [0.15, 0.2) is 35.4 Å². The lowest BCUT2D eigenvalue weighted by Gasteiger charge is -2.41. The van der Waals surface area contributed by atoms with E-state index >= 15 is 0 Å². The second-order valence-electron chi connectivity index (χ2n) is 6.60. The number of benzene rings is 1. The minimum Gasteiger partial charge on any atom is -0.484 e. The molecule has 132 valence electrons. The minimum absolute atomic E-state index is 0.393. The van der Waals surface area contributed by atoms with Gasteiger partial charge in [-0.15, -0.1) is 0 Å². The normalized spacial score (nSPS) is 21.6. The zero-order chi connectivity index (χ0) is 18.2. The van der Waals surface area contributed by atoms with Crippen molar-refractivity contribution < 1.29 is 27.8 Å². The molecule has 0 aliphatic carbocycles. The van der Waals surface area contributed by atoms with E-state index in [0.29, 0.717) is 10.8 Å². The van der Waals surface area contributed by atoms with Crippen LogP contribution < -0.4 is 4.74 Å². The Hall–Kier alpha value is -2.09. The maximum atomic E-state index is 13.0. The molecule has 5 nitrogen and oxygen atoms in total. The van der Waals surface area contributed by atoms with Crippen molar-refractivity contribution in [2.24, 2.45) is 10.5 Å². The number of hydrogen-bond donors (Lipinski definition) is 1.